The van der Waals surface area contributed by atoms with E-state index in [1.807, 2.05) is 12.1 Å². The number of hydrogen-bond acceptors (Lipinski definition) is 1. The molecule has 0 aliphatic rings. The first-order valence-corrected chi connectivity index (χ1v) is 20.0. The molecule has 0 fully saturated rings. The van der Waals surface area contributed by atoms with Crippen LogP contribution in [0.2, 0.25) is 0 Å². The van der Waals surface area contributed by atoms with Crippen molar-refractivity contribution in [3.8, 4) is 39.1 Å². The lowest BCUT2D eigenvalue weighted by atomic mass is 9.86. The van der Waals surface area contributed by atoms with E-state index >= 15 is 0 Å². The molecule has 11 aromatic rings. The summed E-state index contributed by atoms with van der Waals surface area (Å²) in [4.78, 5) is 2.32. The Morgan fingerprint density at radius 2 is 0.763 bits per heavy atom. The van der Waals surface area contributed by atoms with Crippen LogP contribution in [0.15, 0.2) is 224 Å². The molecule has 0 aliphatic carbocycles. The molecule has 10 aromatic carbocycles. The standard InChI is InChI=1S/C56H37FN2/c57-42-16-13-19-46(37-42)59-53-25-12-11-20-47(53)52-36-41(30-35-54(52)59)38-26-31-44(32-27-38)58(43-17-5-2-6-18-43)45-33-28-40(29-34-45)56-50-23-9-7-21-48(50)55(39-14-3-1-4-15-39)49-22-8-10-24-51(49)56/h1-37H. The van der Waals surface area contributed by atoms with Crippen LogP contribution in [0.25, 0.3) is 82.4 Å². The van der Waals surface area contributed by atoms with Crippen molar-refractivity contribution in [2.45, 2.75) is 0 Å². The van der Waals surface area contributed by atoms with Crippen LogP contribution in [0.4, 0.5) is 21.5 Å². The third kappa shape index (κ3) is 5.95. The third-order valence-electron chi connectivity index (χ3n) is 11.6. The number of nitrogens with zero attached hydrogens (tertiary/aromatic N) is 2. The van der Waals surface area contributed by atoms with Gasteiger partial charge in [0.15, 0.2) is 0 Å². The molecule has 278 valence electrons. The maximum atomic E-state index is 14.4. The van der Waals surface area contributed by atoms with Crippen molar-refractivity contribution >= 4 is 60.4 Å². The van der Waals surface area contributed by atoms with E-state index in [0.29, 0.717) is 0 Å². The fraction of sp³-hybridized carbons (Fsp3) is 0. The lowest BCUT2D eigenvalue weighted by molar-refractivity contribution is 0.627. The van der Waals surface area contributed by atoms with Gasteiger partial charge in [0.25, 0.3) is 0 Å². The Kier molecular flexibility index (Phi) is 8.37. The molecule has 0 N–H and O–H groups in total. The van der Waals surface area contributed by atoms with E-state index in [1.54, 1.807) is 12.1 Å². The summed E-state index contributed by atoms with van der Waals surface area (Å²) in [6, 6.07) is 78.5. The summed E-state index contributed by atoms with van der Waals surface area (Å²) in [5.41, 5.74) is 13.3. The lowest BCUT2D eigenvalue weighted by Crippen LogP contribution is -2.09. The summed E-state index contributed by atoms with van der Waals surface area (Å²) in [5, 5.41) is 7.25. The maximum absolute atomic E-state index is 14.4. The molecule has 0 radical (unpaired) electrons. The zero-order chi connectivity index (χ0) is 39.3. The monoisotopic (exact) mass is 756 g/mol. The number of halogens is 1. The van der Waals surface area contributed by atoms with Crippen LogP contribution in [0.5, 0.6) is 0 Å². The quantitative estimate of drug-likeness (QED) is 0.147. The molecule has 0 atom stereocenters. The first kappa shape index (κ1) is 34.5. The molecule has 2 nitrogen and oxygen atoms in total. The predicted octanol–water partition coefficient (Wildman–Crippen LogP) is 15.7. The Morgan fingerprint density at radius 3 is 1.36 bits per heavy atom. The van der Waals surface area contributed by atoms with Crippen LogP contribution in [0.1, 0.15) is 0 Å². The number of rotatable bonds is 7. The van der Waals surface area contributed by atoms with Crippen LogP contribution in [0.3, 0.4) is 0 Å². The summed E-state index contributed by atoms with van der Waals surface area (Å²) in [5.74, 6) is -0.248. The average Bonchev–Trinajstić information content (AvgIpc) is 3.63. The van der Waals surface area contributed by atoms with E-state index in [9.17, 15) is 4.39 Å². The molecule has 0 spiro atoms. The van der Waals surface area contributed by atoms with Crippen molar-refractivity contribution in [2.75, 3.05) is 4.90 Å². The highest BCUT2D eigenvalue weighted by atomic mass is 19.1. The van der Waals surface area contributed by atoms with Crippen molar-refractivity contribution in [2.24, 2.45) is 0 Å². The highest BCUT2D eigenvalue weighted by Gasteiger charge is 2.19. The second-order valence-electron chi connectivity index (χ2n) is 15.0. The van der Waals surface area contributed by atoms with E-state index in [2.05, 4.69) is 204 Å². The van der Waals surface area contributed by atoms with Gasteiger partial charge in [-0.1, -0.05) is 152 Å². The van der Waals surface area contributed by atoms with Crippen LogP contribution in [-0.4, -0.2) is 4.57 Å². The average molecular weight is 757 g/mol. The Morgan fingerprint density at radius 1 is 0.305 bits per heavy atom. The van der Waals surface area contributed by atoms with Gasteiger partial charge in [0.1, 0.15) is 5.82 Å². The van der Waals surface area contributed by atoms with Gasteiger partial charge in [-0.15, -0.1) is 0 Å². The lowest BCUT2D eigenvalue weighted by Gasteiger charge is -2.26. The van der Waals surface area contributed by atoms with Gasteiger partial charge in [0.05, 0.1) is 11.0 Å². The first-order chi connectivity index (χ1) is 29.2. The summed E-state index contributed by atoms with van der Waals surface area (Å²) < 4.78 is 16.5. The second kappa shape index (κ2) is 14.3. The predicted molar refractivity (Wildman–Crippen MR) is 247 cm³/mol. The zero-order valence-corrected chi connectivity index (χ0v) is 32.1. The van der Waals surface area contributed by atoms with Crippen LogP contribution >= 0.6 is 0 Å². The van der Waals surface area contributed by atoms with Gasteiger partial charge in [0, 0.05) is 33.5 Å². The Bertz CT molecular complexity index is 3260. The highest BCUT2D eigenvalue weighted by Crippen LogP contribution is 2.45. The molecule has 3 heteroatoms. The molecule has 1 aromatic heterocycles. The summed E-state index contributed by atoms with van der Waals surface area (Å²) >= 11 is 0. The fourth-order valence-electron chi connectivity index (χ4n) is 9.01. The minimum atomic E-state index is -0.248. The van der Waals surface area contributed by atoms with Gasteiger partial charge in [-0.05, 0) is 128 Å². The molecular formula is C56H37FN2. The van der Waals surface area contributed by atoms with Gasteiger partial charge in [-0.25, -0.2) is 4.39 Å². The van der Waals surface area contributed by atoms with Crippen molar-refractivity contribution in [1.82, 2.24) is 4.57 Å². The van der Waals surface area contributed by atoms with Crippen molar-refractivity contribution in [3.05, 3.63) is 230 Å². The van der Waals surface area contributed by atoms with Gasteiger partial charge < -0.3 is 9.47 Å². The molecule has 59 heavy (non-hydrogen) atoms. The first-order valence-electron chi connectivity index (χ1n) is 20.0. The molecule has 0 amide bonds. The Labute approximate surface area is 342 Å². The number of anilines is 3. The summed E-state index contributed by atoms with van der Waals surface area (Å²) in [7, 11) is 0. The largest absolute Gasteiger partial charge is 0.311 e. The van der Waals surface area contributed by atoms with Crippen molar-refractivity contribution in [3.63, 3.8) is 0 Å². The van der Waals surface area contributed by atoms with Gasteiger partial charge in [-0.3, -0.25) is 0 Å². The SMILES string of the molecule is Fc1cccc(-n2c3ccccc3c3cc(-c4ccc(N(c5ccccc5)c5ccc(-c6c7ccccc7c(-c7ccccc7)c7ccccc67)cc5)cc4)ccc32)c1. The Balaban J connectivity index is 0.986. The zero-order valence-electron chi connectivity index (χ0n) is 32.1. The fourth-order valence-corrected chi connectivity index (χ4v) is 9.01. The smallest absolute Gasteiger partial charge is 0.125 e. The van der Waals surface area contributed by atoms with Gasteiger partial charge >= 0.3 is 0 Å². The number of aromatic nitrogens is 1. The number of fused-ring (bicyclic) bond motifs is 5. The van der Waals surface area contributed by atoms with E-state index in [0.717, 1.165) is 55.7 Å². The van der Waals surface area contributed by atoms with Crippen molar-refractivity contribution < 1.29 is 4.39 Å². The van der Waals surface area contributed by atoms with E-state index in [4.69, 9.17) is 0 Å². The minimum Gasteiger partial charge on any atom is -0.311 e. The normalized spacial score (nSPS) is 11.5. The van der Waals surface area contributed by atoms with Gasteiger partial charge in [0.2, 0.25) is 0 Å². The van der Waals surface area contributed by atoms with Crippen molar-refractivity contribution in [1.29, 1.82) is 0 Å². The topological polar surface area (TPSA) is 8.17 Å². The van der Waals surface area contributed by atoms with E-state index < -0.39 is 0 Å². The van der Waals surface area contributed by atoms with E-state index in [-0.39, 0.29) is 5.82 Å². The molecular weight excluding hydrogens is 720 g/mol. The van der Waals surface area contributed by atoms with Crippen LogP contribution in [-0.2, 0) is 0 Å². The van der Waals surface area contributed by atoms with Crippen LogP contribution < -0.4 is 4.90 Å². The molecule has 1 heterocycles. The molecule has 0 aliphatic heterocycles. The number of benzene rings is 10. The third-order valence-corrected chi connectivity index (χ3v) is 11.6. The maximum Gasteiger partial charge on any atom is 0.125 e. The Hall–Kier alpha value is -7.75. The summed E-state index contributed by atoms with van der Waals surface area (Å²) in [6.45, 7) is 0. The second-order valence-corrected chi connectivity index (χ2v) is 15.0. The highest BCUT2D eigenvalue weighted by molar-refractivity contribution is 6.21. The molecule has 0 unspecified atom stereocenters. The number of para-hydroxylation sites is 2. The molecule has 0 bridgehead atoms. The summed E-state index contributed by atoms with van der Waals surface area (Å²) in [6.07, 6.45) is 0. The van der Waals surface area contributed by atoms with E-state index in [1.165, 1.54) is 49.9 Å². The molecule has 0 saturated heterocycles. The molecule has 11 rings (SSSR count). The van der Waals surface area contributed by atoms with Crippen LogP contribution in [0, 0.1) is 5.82 Å². The molecule has 0 saturated carbocycles. The minimum absolute atomic E-state index is 0.248. The number of hydrogen-bond donors (Lipinski definition) is 0. The van der Waals surface area contributed by atoms with Gasteiger partial charge in [-0.2, -0.15) is 0 Å².